The minimum absolute atomic E-state index is 0.000833. The molecule has 0 aromatic heterocycles. The fourth-order valence-corrected chi connectivity index (χ4v) is 2.40. The van der Waals surface area contributed by atoms with E-state index < -0.39 is 17.9 Å². The molecule has 0 saturated carbocycles. The summed E-state index contributed by atoms with van der Waals surface area (Å²) in [6.07, 6.45) is -0.665. The van der Waals surface area contributed by atoms with E-state index in [4.69, 9.17) is 0 Å². The molecule has 1 amide bonds. The Kier molecular flexibility index (Phi) is 3.47. The third kappa shape index (κ3) is 2.34. The molecule has 0 bridgehead atoms. The van der Waals surface area contributed by atoms with Crippen LogP contribution in [0.25, 0.3) is 0 Å². The van der Waals surface area contributed by atoms with Crippen LogP contribution in [-0.4, -0.2) is 30.1 Å². The maximum Gasteiger partial charge on any atom is 0.258 e. The molecule has 0 radical (unpaired) electrons. The van der Waals surface area contributed by atoms with Crippen LogP contribution in [-0.2, 0) is 0 Å². The van der Waals surface area contributed by atoms with Crippen LogP contribution in [0.5, 0.6) is 0 Å². The quantitative estimate of drug-likeness (QED) is 0.781. The number of carbonyl (C=O) groups excluding carboxylic acids is 1. The molecule has 0 unspecified atom stereocenters. The fourth-order valence-electron chi connectivity index (χ4n) is 1.91. The molecule has 1 aliphatic rings. The molecule has 1 aromatic rings. The highest BCUT2D eigenvalue weighted by atomic mass is 79.9. The first-order valence-corrected chi connectivity index (χ1v) is 6.18. The number of nitrogens with zero attached hydrogens (tertiary/aromatic N) is 1. The first-order chi connectivity index (χ1) is 8.00. The average molecular weight is 304 g/mol. The molecule has 17 heavy (non-hydrogen) atoms. The molecule has 1 fully saturated rings. The largest absolute Gasteiger partial charge is 0.335 e. The van der Waals surface area contributed by atoms with Gasteiger partial charge in [-0.25, -0.2) is 8.78 Å². The van der Waals surface area contributed by atoms with E-state index in [2.05, 4.69) is 15.9 Å². The third-order valence-electron chi connectivity index (χ3n) is 2.92. The number of carbonyl (C=O) groups is 1. The summed E-state index contributed by atoms with van der Waals surface area (Å²) in [5.74, 6) is -1.02. The van der Waals surface area contributed by atoms with Crippen molar-refractivity contribution in [3.05, 3.63) is 33.5 Å². The molecule has 5 heteroatoms. The first-order valence-electron chi connectivity index (χ1n) is 5.38. The van der Waals surface area contributed by atoms with Crippen LogP contribution in [0.4, 0.5) is 8.78 Å². The first kappa shape index (κ1) is 12.5. The number of benzene rings is 1. The zero-order chi connectivity index (χ0) is 12.6. The predicted molar refractivity (Wildman–Crippen MR) is 64.3 cm³/mol. The van der Waals surface area contributed by atoms with Crippen LogP contribution in [0.15, 0.2) is 16.6 Å². The lowest BCUT2D eigenvalue weighted by Crippen LogP contribution is -2.30. The van der Waals surface area contributed by atoms with Crippen molar-refractivity contribution in [3.8, 4) is 0 Å². The lowest BCUT2D eigenvalue weighted by molar-refractivity contribution is 0.0777. The van der Waals surface area contributed by atoms with Gasteiger partial charge in [-0.3, -0.25) is 4.79 Å². The number of alkyl halides is 1. The Labute approximate surface area is 107 Å². The topological polar surface area (TPSA) is 20.3 Å². The third-order valence-corrected chi connectivity index (χ3v) is 3.94. The van der Waals surface area contributed by atoms with E-state index in [9.17, 15) is 13.6 Å². The molecule has 1 atom stereocenters. The van der Waals surface area contributed by atoms with E-state index >= 15 is 0 Å². The predicted octanol–water partition coefficient (Wildman–Crippen LogP) is 3.08. The molecule has 1 saturated heterocycles. The minimum Gasteiger partial charge on any atom is -0.335 e. The Morgan fingerprint density at radius 2 is 2.24 bits per heavy atom. The van der Waals surface area contributed by atoms with Crippen molar-refractivity contribution in [2.75, 3.05) is 13.1 Å². The van der Waals surface area contributed by atoms with Crippen molar-refractivity contribution in [1.29, 1.82) is 0 Å². The van der Waals surface area contributed by atoms with E-state index in [-0.39, 0.29) is 12.1 Å². The highest BCUT2D eigenvalue weighted by Gasteiger charge is 2.29. The molecule has 1 heterocycles. The molecular formula is C12H12BrF2NO. The summed E-state index contributed by atoms with van der Waals surface area (Å²) in [6.45, 7) is 2.18. The van der Waals surface area contributed by atoms with Gasteiger partial charge in [0.15, 0.2) is 0 Å². The van der Waals surface area contributed by atoms with E-state index in [0.717, 1.165) is 5.56 Å². The second kappa shape index (κ2) is 4.72. The molecule has 2 nitrogen and oxygen atoms in total. The number of amides is 1. The van der Waals surface area contributed by atoms with Crippen LogP contribution in [0, 0.1) is 12.7 Å². The van der Waals surface area contributed by atoms with Gasteiger partial charge in [0.2, 0.25) is 0 Å². The second-order valence-electron chi connectivity index (χ2n) is 4.19. The normalized spacial score (nSPS) is 19.8. The van der Waals surface area contributed by atoms with Crippen molar-refractivity contribution < 1.29 is 13.6 Å². The Bertz CT molecular complexity index is 464. The number of likely N-dealkylation sites (tertiary alicyclic amines) is 1. The maximum atomic E-state index is 13.7. The van der Waals surface area contributed by atoms with Crippen molar-refractivity contribution in [3.63, 3.8) is 0 Å². The monoisotopic (exact) mass is 303 g/mol. The van der Waals surface area contributed by atoms with Gasteiger partial charge < -0.3 is 4.90 Å². The lowest BCUT2D eigenvalue weighted by Gasteiger charge is -2.17. The molecule has 0 aliphatic carbocycles. The maximum absolute atomic E-state index is 13.7. The highest BCUT2D eigenvalue weighted by molar-refractivity contribution is 9.10. The molecule has 1 aromatic carbocycles. The van der Waals surface area contributed by atoms with Gasteiger partial charge in [-0.05, 0) is 40.9 Å². The van der Waals surface area contributed by atoms with E-state index in [1.807, 2.05) is 0 Å². The molecular weight excluding hydrogens is 292 g/mol. The van der Waals surface area contributed by atoms with Gasteiger partial charge >= 0.3 is 0 Å². The van der Waals surface area contributed by atoms with Gasteiger partial charge in [-0.2, -0.15) is 0 Å². The zero-order valence-corrected chi connectivity index (χ0v) is 10.9. The van der Waals surface area contributed by atoms with Crippen LogP contribution in [0.3, 0.4) is 0 Å². The van der Waals surface area contributed by atoms with Gasteiger partial charge in [-0.1, -0.05) is 6.07 Å². The van der Waals surface area contributed by atoms with Gasteiger partial charge in [-0.15, -0.1) is 0 Å². The molecule has 1 aliphatic heterocycles. The van der Waals surface area contributed by atoms with Gasteiger partial charge in [0.1, 0.15) is 12.0 Å². The summed E-state index contributed by atoms with van der Waals surface area (Å²) in [6, 6.07) is 2.86. The molecule has 0 spiro atoms. The summed E-state index contributed by atoms with van der Waals surface area (Å²) in [4.78, 5) is 13.4. The molecule has 0 N–H and O–H groups in total. The SMILES string of the molecule is Cc1ccc(F)c(C(=O)N2CC[C@H](F)C2)c1Br. The van der Waals surface area contributed by atoms with Crippen LogP contribution in [0.2, 0.25) is 0 Å². The molecule has 2 rings (SSSR count). The van der Waals surface area contributed by atoms with Crippen LogP contribution >= 0.6 is 15.9 Å². The van der Waals surface area contributed by atoms with E-state index in [1.165, 1.54) is 11.0 Å². The van der Waals surface area contributed by atoms with Crippen molar-refractivity contribution in [1.82, 2.24) is 4.90 Å². The lowest BCUT2D eigenvalue weighted by atomic mass is 10.1. The summed E-state index contributed by atoms with van der Waals surface area (Å²) in [5.41, 5.74) is 0.782. The Morgan fingerprint density at radius 1 is 1.53 bits per heavy atom. The van der Waals surface area contributed by atoms with Crippen molar-refractivity contribution in [2.24, 2.45) is 0 Å². The van der Waals surface area contributed by atoms with Gasteiger partial charge in [0.25, 0.3) is 5.91 Å². The highest BCUT2D eigenvalue weighted by Crippen LogP contribution is 2.26. The molecule has 92 valence electrons. The van der Waals surface area contributed by atoms with Crippen molar-refractivity contribution in [2.45, 2.75) is 19.5 Å². The summed E-state index contributed by atoms with van der Waals surface area (Å²) < 4.78 is 27.1. The van der Waals surface area contributed by atoms with Gasteiger partial charge in [0, 0.05) is 11.0 Å². The second-order valence-corrected chi connectivity index (χ2v) is 4.98. The van der Waals surface area contributed by atoms with Crippen LogP contribution in [0.1, 0.15) is 22.3 Å². The fraction of sp³-hybridized carbons (Fsp3) is 0.417. The average Bonchev–Trinajstić information content (AvgIpc) is 2.71. The number of hydrogen-bond acceptors (Lipinski definition) is 1. The Morgan fingerprint density at radius 3 is 2.82 bits per heavy atom. The smallest absolute Gasteiger partial charge is 0.258 e. The van der Waals surface area contributed by atoms with Crippen molar-refractivity contribution >= 4 is 21.8 Å². The summed E-state index contributed by atoms with van der Waals surface area (Å²) in [7, 11) is 0. The van der Waals surface area contributed by atoms with E-state index in [0.29, 0.717) is 17.4 Å². The minimum atomic E-state index is -0.995. The Hall–Kier alpha value is -0.970. The van der Waals surface area contributed by atoms with Gasteiger partial charge in [0.05, 0.1) is 12.1 Å². The number of hydrogen-bond donors (Lipinski definition) is 0. The number of rotatable bonds is 1. The van der Waals surface area contributed by atoms with E-state index in [1.54, 1.807) is 13.0 Å². The summed E-state index contributed by atoms with van der Waals surface area (Å²) in [5, 5.41) is 0. The van der Waals surface area contributed by atoms with Crippen LogP contribution < -0.4 is 0 Å². The standard InChI is InChI=1S/C12H12BrF2NO/c1-7-2-3-9(15)10(11(7)13)12(17)16-5-4-8(14)6-16/h2-3,8H,4-6H2,1H3/t8-/m0/s1. The Balaban J connectivity index is 2.34. The number of aryl methyl sites for hydroxylation is 1. The zero-order valence-electron chi connectivity index (χ0n) is 9.34. The number of halogens is 3. The summed E-state index contributed by atoms with van der Waals surface area (Å²) >= 11 is 3.21.